The van der Waals surface area contributed by atoms with Crippen molar-refractivity contribution in [1.82, 2.24) is 9.29 Å². The minimum Gasteiger partial charge on any atom is -0.494 e. The van der Waals surface area contributed by atoms with E-state index in [0.717, 1.165) is 5.56 Å². The number of rotatable bonds is 6. The van der Waals surface area contributed by atoms with Crippen LogP contribution in [0.3, 0.4) is 0 Å². The van der Waals surface area contributed by atoms with E-state index >= 15 is 0 Å². The molecule has 0 spiro atoms. The third-order valence-electron chi connectivity index (χ3n) is 4.36. The molecule has 7 nitrogen and oxygen atoms in total. The lowest BCUT2D eigenvalue weighted by Gasteiger charge is -2.26. The maximum atomic E-state index is 13.8. The van der Waals surface area contributed by atoms with Crippen LogP contribution in [0, 0.1) is 5.82 Å². The molecule has 0 N–H and O–H groups in total. The van der Waals surface area contributed by atoms with Crippen LogP contribution in [-0.2, 0) is 21.3 Å². The Bertz CT molecular complexity index is 884. The SMILES string of the molecule is COc1ccc(CN(C)c2ccc(S(=O)(=O)N3CCOCC3)cn2)cc1F. The Morgan fingerprint density at radius 1 is 1.26 bits per heavy atom. The summed E-state index contributed by atoms with van der Waals surface area (Å²) in [5, 5.41) is 0. The molecule has 0 bridgehead atoms. The van der Waals surface area contributed by atoms with Gasteiger partial charge < -0.3 is 14.4 Å². The van der Waals surface area contributed by atoms with Gasteiger partial charge in [0.05, 0.1) is 20.3 Å². The van der Waals surface area contributed by atoms with Crippen LogP contribution in [-0.4, -0.2) is 58.2 Å². The van der Waals surface area contributed by atoms with E-state index in [1.54, 1.807) is 25.2 Å². The van der Waals surface area contributed by atoms with Crippen molar-refractivity contribution >= 4 is 15.8 Å². The minimum atomic E-state index is -3.57. The van der Waals surface area contributed by atoms with Crippen molar-refractivity contribution in [3.63, 3.8) is 0 Å². The van der Waals surface area contributed by atoms with Gasteiger partial charge in [0, 0.05) is 32.9 Å². The van der Waals surface area contributed by atoms with Gasteiger partial charge in [0.25, 0.3) is 0 Å². The van der Waals surface area contributed by atoms with Crippen LogP contribution in [0.2, 0.25) is 0 Å². The van der Waals surface area contributed by atoms with E-state index in [4.69, 9.17) is 9.47 Å². The van der Waals surface area contributed by atoms with Gasteiger partial charge in [0.2, 0.25) is 10.0 Å². The highest BCUT2D eigenvalue weighted by Gasteiger charge is 2.26. The maximum Gasteiger partial charge on any atom is 0.244 e. The van der Waals surface area contributed by atoms with E-state index in [1.165, 1.54) is 29.7 Å². The molecule has 0 saturated carbocycles. The Morgan fingerprint density at radius 2 is 2.00 bits per heavy atom. The summed E-state index contributed by atoms with van der Waals surface area (Å²) in [6.07, 6.45) is 1.35. The molecule has 0 radical (unpaired) electrons. The average Bonchev–Trinajstić information content (AvgIpc) is 2.69. The second-order valence-corrected chi connectivity index (χ2v) is 8.13. The van der Waals surface area contributed by atoms with E-state index in [9.17, 15) is 12.8 Å². The number of halogens is 1. The first-order valence-electron chi connectivity index (χ1n) is 8.49. The molecule has 3 rings (SSSR count). The summed E-state index contributed by atoms with van der Waals surface area (Å²) in [6.45, 7) is 1.89. The molecule has 1 aliphatic heterocycles. The van der Waals surface area contributed by atoms with Gasteiger partial charge in [-0.05, 0) is 29.8 Å². The summed E-state index contributed by atoms with van der Waals surface area (Å²) in [7, 11) is -0.344. The first kappa shape index (κ1) is 19.5. The molecule has 0 atom stereocenters. The quantitative estimate of drug-likeness (QED) is 0.744. The number of hydrogen-bond acceptors (Lipinski definition) is 6. The van der Waals surface area contributed by atoms with Gasteiger partial charge >= 0.3 is 0 Å². The molecule has 0 amide bonds. The van der Waals surface area contributed by atoms with Crippen molar-refractivity contribution in [2.45, 2.75) is 11.4 Å². The smallest absolute Gasteiger partial charge is 0.244 e. The topological polar surface area (TPSA) is 72.0 Å². The zero-order valence-corrected chi connectivity index (χ0v) is 16.1. The van der Waals surface area contributed by atoms with Crippen molar-refractivity contribution in [3.05, 3.63) is 47.9 Å². The van der Waals surface area contributed by atoms with Crippen LogP contribution >= 0.6 is 0 Å². The number of methoxy groups -OCH3 is 1. The van der Waals surface area contributed by atoms with Crippen molar-refractivity contribution in [2.24, 2.45) is 0 Å². The zero-order valence-electron chi connectivity index (χ0n) is 15.3. The molecule has 2 heterocycles. The Kier molecular flexibility index (Phi) is 5.93. The first-order valence-corrected chi connectivity index (χ1v) is 9.93. The van der Waals surface area contributed by atoms with Crippen LogP contribution in [0.15, 0.2) is 41.4 Å². The number of anilines is 1. The van der Waals surface area contributed by atoms with Gasteiger partial charge in [0.1, 0.15) is 10.7 Å². The fraction of sp³-hybridized carbons (Fsp3) is 0.389. The van der Waals surface area contributed by atoms with Crippen LogP contribution in [0.1, 0.15) is 5.56 Å². The van der Waals surface area contributed by atoms with Gasteiger partial charge in [0.15, 0.2) is 11.6 Å². The van der Waals surface area contributed by atoms with E-state index in [1.807, 2.05) is 4.90 Å². The highest BCUT2D eigenvalue weighted by molar-refractivity contribution is 7.89. The fourth-order valence-electron chi connectivity index (χ4n) is 2.85. The van der Waals surface area contributed by atoms with E-state index < -0.39 is 15.8 Å². The zero-order chi connectivity index (χ0) is 19.4. The Hall–Kier alpha value is -2.23. The average molecular weight is 395 g/mol. The lowest BCUT2D eigenvalue weighted by atomic mass is 10.2. The molecular formula is C18H22FN3O4S. The summed E-state index contributed by atoms with van der Waals surface area (Å²) in [5.41, 5.74) is 0.752. The molecule has 2 aromatic rings. The second kappa shape index (κ2) is 8.20. The number of pyridine rings is 1. The van der Waals surface area contributed by atoms with Crippen molar-refractivity contribution in [2.75, 3.05) is 45.4 Å². The summed E-state index contributed by atoms with van der Waals surface area (Å²) >= 11 is 0. The van der Waals surface area contributed by atoms with Gasteiger partial charge in [-0.15, -0.1) is 0 Å². The normalized spacial score (nSPS) is 15.5. The summed E-state index contributed by atoms with van der Waals surface area (Å²) in [5.74, 6) is 0.354. The van der Waals surface area contributed by atoms with E-state index in [0.29, 0.717) is 38.7 Å². The maximum absolute atomic E-state index is 13.8. The number of aromatic nitrogens is 1. The lowest BCUT2D eigenvalue weighted by Crippen LogP contribution is -2.40. The van der Waals surface area contributed by atoms with Crippen LogP contribution in [0.25, 0.3) is 0 Å². The Labute approximate surface area is 158 Å². The largest absolute Gasteiger partial charge is 0.494 e. The molecule has 1 aromatic heterocycles. The molecule has 1 aromatic carbocycles. The van der Waals surface area contributed by atoms with Gasteiger partial charge in [-0.1, -0.05) is 6.07 Å². The molecule has 1 aliphatic rings. The van der Waals surface area contributed by atoms with Crippen LogP contribution in [0.4, 0.5) is 10.2 Å². The predicted octanol–water partition coefficient (Wildman–Crippen LogP) is 1.89. The molecule has 0 unspecified atom stereocenters. The molecule has 1 saturated heterocycles. The lowest BCUT2D eigenvalue weighted by molar-refractivity contribution is 0.0730. The van der Waals surface area contributed by atoms with E-state index in [-0.39, 0.29) is 10.6 Å². The Morgan fingerprint density at radius 3 is 2.59 bits per heavy atom. The van der Waals surface area contributed by atoms with E-state index in [2.05, 4.69) is 4.98 Å². The predicted molar refractivity (Wildman–Crippen MR) is 98.9 cm³/mol. The van der Waals surface area contributed by atoms with Gasteiger partial charge in [-0.3, -0.25) is 0 Å². The third kappa shape index (κ3) is 4.37. The highest BCUT2D eigenvalue weighted by atomic mass is 32.2. The van der Waals surface area contributed by atoms with Crippen molar-refractivity contribution < 1.29 is 22.3 Å². The summed E-state index contributed by atoms with van der Waals surface area (Å²) < 4.78 is 50.6. The fourth-order valence-corrected chi connectivity index (χ4v) is 4.20. The monoisotopic (exact) mass is 395 g/mol. The summed E-state index contributed by atoms with van der Waals surface area (Å²) in [4.78, 5) is 6.22. The number of hydrogen-bond donors (Lipinski definition) is 0. The van der Waals surface area contributed by atoms with Crippen LogP contribution in [0.5, 0.6) is 5.75 Å². The minimum absolute atomic E-state index is 0.150. The number of ether oxygens (including phenoxy) is 2. The molecule has 1 fully saturated rings. The first-order chi connectivity index (χ1) is 12.9. The molecule has 146 valence electrons. The molecule has 9 heteroatoms. The van der Waals surface area contributed by atoms with Crippen molar-refractivity contribution in [1.29, 1.82) is 0 Å². The van der Waals surface area contributed by atoms with Gasteiger partial charge in [-0.25, -0.2) is 17.8 Å². The van der Waals surface area contributed by atoms with Gasteiger partial charge in [-0.2, -0.15) is 4.31 Å². The molecular weight excluding hydrogens is 373 g/mol. The third-order valence-corrected chi connectivity index (χ3v) is 6.24. The number of sulfonamides is 1. The Balaban J connectivity index is 1.71. The number of nitrogens with zero attached hydrogens (tertiary/aromatic N) is 3. The molecule has 0 aliphatic carbocycles. The van der Waals surface area contributed by atoms with Crippen LogP contribution < -0.4 is 9.64 Å². The molecule has 27 heavy (non-hydrogen) atoms. The second-order valence-electron chi connectivity index (χ2n) is 6.19. The standard InChI is InChI=1S/C18H22FN3O4S/c1-21(13-14-3-5-17(25-2)16(19)11-14)18-6-4-15(12-20-18)27(23,24)22-7-9-26-10-8-22/h3-6,11-12H,7-10,13H2,1-2H3. The number of morpholine rings is 1. The van der Waals surface area contributed by atoms with Crippen molar-refractivity contribution in [3.8, 4) is 5.75 Å². The summed E-state index contributed by atoms with van der Waals surface area (Å²) in [6, 6.07) is 7.94. The highest BCUT2D eigenvalue weighted by Crippen LogP contribution is 2.22. The number of benzene rings is 1.